The summed E-state index contributed by atoms with van der Waals surface area (Å²) in [5.41, 5.74) is 0.473. The van der Waals surface area contributed by atoms with Crippen LogP contribution in [0.1, 0.15) is 5.56 Å². The van der Waals surface area contributed by atoms with Crippen molar-refractivity contribution in [2.45, 2.75) is 17.8 Å². The van der Waals surface area contributed by atoms with Gasteiger partial charge < -0.3 is 4.90 Å². The molecule has 2 aliphatic rings. The van der Waals surface area contributed by atoms with Gasteiger partial charge in [0.1, 0.15) is 11.6 Å². The van der Waals surface area contributed by atoms with Gasteiger partial charge in [-0.3, -0.25) is 4.99 Å². The van der Waals surface area contributed by atoms with Crippen molar-refractivity contribution in [3.63, 3.8) is 0 Å². The van der Waals surface area contributed by atoms with E-state index < -0.39 is 21.5 Å². The largest absolute Gasteiger partial charge is 0.314 e. The Balaban J connectivity index is 1.73. The Morgan fingerprint density at radius 2 is 1.85 bits per heavy atom. The standard InChI is InChI=1S/C18H15ClF2N2O2S2/c19-12-4-3-6-13(20)11(12)8-23(16-7-2-1-5-14(16)21)18-22-15-9-27(24,25)10-17(15)26-18/h1-7,15,17H,8-10H2/t15-,17+/m0/s1. The highest BCUT2D eigenvalue weighted by Crippen LogP contribution is 2.38. The number of rotatable bonds is 3. The molecule has 2 aromatic carbocycles. The number of thioether (sulfide) groups is 1. The molecule has 9 heteroatoms. The second-order valence-electron chi connectivity index (χ2n) is 6.45. The molecule has 2 heterocycles. The molecule has 2 aromatic rings. The van der Waals surface area contributed by atoms with Crippen LogP contribution < -0.4 is 4.90 Å². The topological polar surface area (TPSA) is 49.7 Å². The van der Waals surface area contributed by atoms with E-state index in [1.807, 2.05) is 0 Å². The van der Waals surface area contributed by atoms with Crippen molar-refractivity contribution in [3.8, 4) is 0 Å². The molecule has 0 saturated carbocycles. The molecule has 0 amide bonds. The fourth-order valence-corrected chi connectivity index (χ4v) is 7.23. The molecule has 142 valence electrons. The highest BCUT2D eigenvalue weighted by Gasteiger charge is 2.44. The molecule has 0 bridgehead atoms. The Bertz CT molecular complexity index is 1010. The van der Waals surface area contributed by atoms with E-state index in [2.05, 4.69) is 4.99 Å². The van der Waals surface area contributed by atoms with E-state index in [0.29, 0.717) is 5.17 Å². The first-order chi connectivity index (χ1) is 12.8. The lowest BCUT2D eigenvalue weighted by Crippen LogP contribution is -2.29. The van der Waals surface area contributed by atoms with Gasteiger partial charge >= 0.3 is 0 Å². The zero-order valence-electron chi connectivity index (χ0n) is 14.0. The zero-order valence-corrected chi connectivity index (χ0v) is 16.4. The highest BCUT2D eigenvalue weighted by molar-refractivity contribution is 8.15. The molecule has 27 heavy (non-hydrogen) atoms. The molecule has 0 aromatic heterocycles. The Morgan fingerprint density at radius 3 is 2.56 bits per heavy atom. The fourth-order valence-electron chi connectivity index (χ4n) is 3.24. The van der Waals surface area contributed by atoms with Crippen LogP contribution >= 0.6 is 23.4 Å². The smallest absolute Gasteiger partial charge is 0.164 e. The summed E-state index contributed by atoms with van der Waals surface area (Å²) >= 11 is 7.45. The molecular formula is C18H15ClF2N2O2S2. The Kier molecular flexibility index (Phi) is 4.90. The maximum absolute atomic E-state index is 14.5. The average molecular weight is 429 g/mol. The molecule has 4 nitrogen and oxygen atoms in total. The number of halogens is 3. The van der Waals surface area contributed by atoms with Crippen molar-refractivity contribution >= 4 is 44.1 Å². The Morgan fingerprint density at radius 1 is 1.11 bits per heavy atom. The number of para-hydroxylation sites is 1. The molecule has 2 aliphatic heterocycles. The van der Waals surface area contributed by atoms with Crippen LogP contribution in [-0.2, 0) is 16.4 Å². The van der Waals surface area contributed by atoms with Gasteiger partial charge in [0.15, 0.2) is 15.0 Å². The van der Waals surface area contributed by atoms with Crippen molar-refractivity contribution in [2.24, 2.45) is 4.99 Å². The number of benzene rings is 2. The molecule has 0 aliphatic carbocycles. The van der Waals surface area contributed by atoms with Crippen molar-refractivity contribution in [1.82, 2.24) is 0 Å². The van der Waals surface area contributed by atoms with E-state index in [1.165, 1.54) is 30.0 Å². The molecule has 1 fully saturated rings. The second-order valence-corrected chi connectivity index (χ2v) is 10.2. The minimum Gasteiger partial charge on any atom is -0.314 e. The number of fused-ring (bicyclic) bond motifs is 1. The molecule has 1 saturated heterocycles. The van der Waals surface area contributed by atoms with Gasteiger partial charge in [-0.15, -0.1) is 0 Å². The SMILES string of the molecule is O=S1(=O)C[C@@H]2N=C(N(Cc3c(F)cccc3Cl)c3ccccc3F)S[C@@H]2C1. The van der Waals surface area contributed by atoms with Gasteiger partial charge in [0.25, 0.3) is 0 Å². The number of hydrogen-bond donors (Lipinski definition) is 0. The van der Waals surface area contributed by atoms with Gasteiger partial charge in [0.05, 0.1) is 29.8 Å². The molecule has 0 spiro atoms. The van der Waals surface area contributed by atoms with E-state index in [4.69, 9.17) is 11.6 Å². The average Bonchev–Trinajstić information content (AvgIpc) is 3.09. The number of aliphatic imine (C=N–C) groups is 1. The van der Waals surface area contributed by atoms with E-state index in [1.54, 1.807) is 29.2 Å². The van der Waals surface area contributed by atoms with E-state index in [0.717, 1.165) is 0 Å². The Hall–Kier alpha value is -1.64. The van der Waals surface area contributed by atoms with Crippen molar-refractivity contribution in [3.05, 3.63) is 64.7 Å². The molecule has 0 N–H and O–H groups in total. The third-order valence-corrected chi connectivity index (χ3v) is 8.16. The maximum Gasteiger partial charge on any atom is 0.164 e. The van der Waals surface area contributed by atoms with Gasteiger partial charge in [0.2, 0.25) is 0 Å². The zero-order chi connectivity index (χ0) is 19.2. The third-order valence-electron chi connectivity index (χ3n) is 4.56. The fraction of sp³-hybridized carbons (Fsp3) is 0.278. The summed E-state index contributed by atoms with van der Waals surface area (Å²) in [6.07, 6.45) is 0. The molecular weight excluding hydrogens is 414 g/mol. The van der Waals surface area contributed by atoms with Gasteiger partial charge in [-0.1, -0.05) is 41.6 Å². The lowest BCUT2D eigenvalue weighted by atomic mass is 10.2. The van der Waals surface area contributed by atoms with Crippen LogP contribution in [0.4, 0.5) is 14.5 Å². The van der Waals surface area contributed by atoms with E-state index in [-0.39, 0.29) is 45.6 Å². The first-order valence-electron chi connectivity index (χ1n) is 8.24. The number of anilines is 1. The van der Waals surface area contributed by atoms with Gasteiger partial charge in [-0.25, -0.2) is 17.2 Å². The van der Waals surface area contributed by atoms with E-state index >= 15 is 0 Å². The first-order valence-corrected chi connectivity index (χ1v) is 11.3. The molecule has 2 atom stereocenters. The summed E-state index contributed by atoms with van der Waals surface area (Å²) < 4.78 is 52.4. The molecule has 0 unspecified atom stereocenters. The number of amidine groups is 1. The Labute approximate surface area is 165 Å². The van der Waals surface area contributed by atoms with Crippen LogP contribution in [0.2, 0.25) is 5.02 Å². The number of sulfone groups is 1. The summed E-state index contributed by atoms with van der Waals surface area (Å²) in [6, 6.07) is 10.2. The quantitative estimate of drug-likeness (QED) is 0.744. The second kappa shape index (κ2) is 7.07. The van der Waals surface area contributed by atoms with Crippen molar-refractivity contribution in [1.29, 1.82) is 0 Å². The summed E-state index contributed by atoms with van der Waals surface area (Å²) in [4.78, 5) is 6.08. The van der Waals surface area contributed by atoms with Gasteiger partial charge in [-0.05, 0) is 24.3 Å². The highest BCUT2D eigenvalue weighted by atomic mass is 35.5. The minimum absolute atomic E-state index is 0.00946. The maximum atomic E-state index is 14.5. The van der Waals surface area contributed by atoms with Crippen LogP contribution in [-0.4, -0.2) is 36.4 Å². The lowest BCUT2D eigenvalue weighted by Gasteiger charge is -2.25. The number of nitrogens with zero attached hydrogens (tertiary/aromatic N) is 2. The van der Waals surface area contributed by atoms with Gasteiger partial charge in [-0.2, -0.15) is 0 Å². The molecule has 4 rings (SSSR count). The molecule has 0 radical (unpaired) electrons. The first kappa shape index (κ1) is 18.7. The third kappa shape index (κ3) is 3.70. The predicted molar refractivity (Wildman–Crippen MR) is 105 cm³/mol. The lowest BCUT2D eigenvalue weighted by molar-refractivity contribution is 0.601. The summed E-state index contributed by atoms with van der Waals surface area (Å²) in [5, 5.41) is 0.516. The van der Waals surface area contributed by atoms with Crippen LogP contribution in [0.3, 0.4) is 0 Å². The predicted octanol–water partition coefficient (Wildman–Crippen LogP) is 3.89. The summed E-state index contributed by atoms with van der Waals surface area (Å²) in [5.74, 6) is -0.936. The summed E-state index contributed by atoms with van der Waals surface area (Å²) in [6.45, 7) is -0.00946. The van der Waals surface area contributed by atoms with Gasteiger partial charge in [0, 0.05) is 15.8 Å². The van der Waals surface area contributed by atoms with Crippen LogP contribution in [0.5, 0.6) is 0 Å². The van der Waals surface area contributed by atoms with Crippen molar-refractivity contribution < 1.29 is 17.2 Å². The number of hydrogen-bond acceptors (Lipinski definition) is 5. The van der Waals surface area contributed by atoms with Crippen LogP contribution in [0.25, 0.3) is 0 Å². The summed E-state index contributed by atoms with van der Waals surface area (Å²) in [7, 11) is -3.10. The monoisotopic (exact) mass is 428 g/mol. The van der Waals surface area contributed by atoms with E-state index in [9.17, 15) is 17.2 Å². The van der Waals surface area contributed by atoms with Crippen LogP contribution in [0, 0.1) is 11.6 Å². The van der Waals surface area contributed by atoms with Crippen molar-refractivity contribution in [2.75, 3.05) is 16.4 Å². The minimum atomic E-state index is -3.10. The van der Waals surface area contributed by atoms with Crippen LogP contribution in [0.15, 0.2) is 47.5 Å². The normalized spacial score (nSPS) is 23.1.